The Morgan fingerprint density at radius 1 is 1.27 bits per heavy atom. The van der Waals surface area contributed by atoms with Crippen molar-refractivity contribution in [3.8, 4) is 0 Å². The Morgan fingerprint density at radius 3 is 2.83 bits per heavy atom. The first-order chi connectivity index (χ1) is 14.2. The maximum Gasteiger partial charge on any atom is 0.130 e. The molecule has 0 saturated heterocycles. The predicted octanol–water partition coefficient (Wildman–Crippen LogP) is 6.31. The molecule has 0 spiro atoms. The summed E-state index contributed by atoms with van der Waals surface area (Å²) in [5.41, 5.74) is 3.99. The summed E-state index contributed by atoms with van der Waals surface area (Å²) in [6.07, 6.45) is 16.3. The highest BCUT2D eigenvalue weighted by Crippen LogP contribution is 2.60. The Hall–Kier alpha value is -1.06. The summed E-state index contributed by atoms with van der Waals surface area (Å²) in [4.78, 5) is 0. The van der Waals surface area contributed by atoms with Crippen LogP contribution in [0.2, 0.25) is 0 Å². The van der Waals surface area contributed by atoms with E-state index in [0.29, 0.717) is 17.3 Å². The van der Waals surface area contributed by atoms with Crippen molar-refractivity contribution in [3.63, 3.8) is 0 Å². The number of hydrogen-bond donors (Lipinski definition) is 2. The van der Waals surface area contributed by atoms with Crippen molar-refractivity contribution in [3.05, 3.63) is 28.7 Å². The lowest BCUT2D eigenvalue weighted by Gasteiger charge is -2.44. The van der Waals surface area contributed by atoms with Crippen molar-refractivity contribution in [2.45, 2.75) is 110 Å². The summed E-state index contributed by atoms with van der Waals surface area (Å²) in [6.45, 7) is 8.85. The fraction of sp³-hybridized carbons (Fsp3) is 0.778. The summed E-state index contributed by atoms with van der Waals surface area (Å²) in [7, 11) is 0. The molecule has 0 aromatic carbocycles. The van der Waals surface area contributed by atoms with Gasteiger partial charge < -0.3 is 14.6 Å². The summed E-state index contributed by atoms with van der Waals surface area (Å²) < 4.78 is 6.00. The van der Waals surface area contributed by atoms with Gasteiger partial charge in [0, 0.05) is 12.0 Å². The van der Waals surface area contributed by atoms with Crippen LogP contribution in [0.1, 0.15) is 102 Å². The summed E-state index contributed by atoms with van der Waals surface area (Å²) in [6, 6.07) is 0. The molecule has 0 amide bonds. The standard InChI is InChI=1S/C27H42O3/c1-18(7-5-13-26(2,3)29)23-11-12-24-19(8-6-14-27(23,24)4)15-25-22-16-21(28)10-9-20(22)17-30-25/h15,17-18,21,23-24,28-29H,5-14,16H2,1-4H3/b19-15+/t18-,21+,23-,24+,27-/m1/s1. The second-order valence-electron chi connectivity index (χ2n) is 11.5. The number of aliphatic hydroxyl groups excluding tert-OH is 1. The van der Waals surface area contributed by atoms with Crippen LogP contribution in [0.3, 0.4) is 0 Å². The molecule has 168 valence electrons. The fourth-order valence-electron chi connectivity index (χ4n) is 7.07. The quantitative estimate of drug-likeness (QED) is 0.574. The van der Waals surface area contributed by atoms with Gasteiger partial charge in [0.15, 0.2) is 0 Å². The van der Waals surface area contributed by atoms with Crippen LogP contribution in [0, 0.1) is 23.2 Å². The largest absolute Gasteiger partial charge is 0.464 e. The van der Waals surface area contributed by atoms with Crippen LogP contribution in [0.25, 0.3) is 6.08 Å². The van der Waals surface area contributed by atoms with E-state index >= 15 is 0 Å². The minimum atomic E-state index is -0.543. The first-order valence-corrected chi connectivity index (χ1v) is 12.4. The van der Waals surface area contributed by atoms with E-state index < -0.39 is 5.60 Å². The van der Waals surface area contributed by atoms with E-state index in [4.69, 9.17) is 4.42 Å². The Bertz CT molecular complexity index is 768. The number of hydrogen-bond acceptors (Lipinski definition) is 3. The summed E-state index contributed by atoms with van der Waals surface area (Å²) >= 11 is 0. The SMILES string of the molecule is C[C@H](CCCC(C)(C)O)[C@H]1CC[C@H]2/C(=C/c3occ4c3C[C@@H](O)CC4)CCC[C@]12C. The highest BCUT2D eigenvalue weighted by molar-refractivity contribution is 5.55. The molecule has 3 aliphatic carbocycles. The van der Waals surface area contributed by atoms with Gasteiger partial charge in [-0.2, -0.15) is 0 Å². The first kappa shape index (κ1) is 22.1. The molecule has 1 aromatic heterocycles. The van der Waals surface area contributed by atoms with E-state index in [-0.39, 0.29) is 6.10 Å². The van der Waals surface area contributed by atoms with Crippen LogP contribution in [0.4, 0.5) is 0 Å². The monoisotopic (exact) mass is 414 g/mol. The van der Waals surface area contributed by atoms with Gasteiger partial charge >= 0.3 is 0 Å². The molecule has 0 bridgehead atoms. The van der Waals surface area contributed by atoms with Crippen LogP contribution in [0.5, 0.6) is 0 Å². The van der Waals surface area contributed by atoms with Gasteiger partial charge in [-0.25, -0.2) is 0 Å². The van der Waals surface area contributed by atoms with Crippen LogP contribution >= 0.6 is 0 Å². The van der Waals surface area contributed by atoms with Gasteiger partial charge in [0.2, 0.25) is 0 Å². The molecule has 0 unspecified atom stereocenters. The Labute approximate surface area is 183 Å². The second-order valence-corrected chi connectivity index (χ2v) is 11.5. The average molecular weight is 415 g/mol. The van der Waals surface area contributed by atoms with Gasteiger partial charge in [-0.05, 0) is 100 Å². The molecule has 1 aromatic rings. The van der Waals surface area contributed by atoms with Crippen molar-refractivity contribution in [1.29, 1.82) is 0 Å². The molecule has 0 radical (unpaired) electrons. The fourth-order valence-corrected chi connectivity index (χ4v) is 7.07. The van der Waals surface area contributed by atoms with Gasteiger partial charge in [-0.1, -0.05) is 32.3 Å². The maximum absolute atomic E-state index is 10.1. The number of fused-ring (bicyclic) bond motifs is 2. The molecule has 5 atom stereocenters. The van der Waals surface area contributed by atoms with Crippen LogP contribution < -0.4 is 0 Å². The lowest BCUT2D eigenvalue weighted by Crippen LogP contribution is -2.36. The lowest BCUT2D eigenvalue weighted by atomic mass is 9.60. The minimum absolute atomic E-state index is 0.218. The number of aliphatic hydroxyl groups is 2. The molecular weight excluding hydrogens is 372 g/mol. The molecule has 2 fully saturated rings. The van der Waals surface area contributed by atoms with E-state index in [1.54, 1.807) is 5.57 Å². The third kappa shape index (κ3) is 4.43. The maximum atomic E-state index is 10.1. The third-order valence-electron chi connectivity index (χ3n) is 8.69. The number of allylic oxidation sites excluding steroid dienone is 1. The summed E-state index contributed by atoms with van der Waals surface area (Å²) in [5, 5.41) is 20.2. The van der Waals surface area contributed by atoms with Crippen molar-refractivity contribution >= 4 is 6.08 Å². The van der Waals surface area contributed by atoms with E-state index in [2.05, 4.69) is 19.9 Å². The molecule has 3 aliphatic rings. The van der Waals surface area contributed by atoms with Crippen molar-refractivity contribution in [2.75, 3.05) is 0 Å². The van der Waals surface area contributed by atoms with Gasteiger partial charge in [0.05, 0.1) is 18.0 Å². The van der Waals surface area contributed by atoms with E-state index in [1.165, 1.54) is 49.7 Å². The number of rotatable bonds is 6. The van der Waals surface area contributed by atoms with Crippen molar-refractivity contribution in [1.82, 2.24) is 0 Å². The first-order valence-electron chi connectivity index (χ1n) is 12.4. The molecule has 0 aliphatic heterocycles. The molecule has 2 N–H and O–H groups in total. The van der Waals surface area contributed by atoms with Crippen LogP contribution in [-0.2, 0) is 12.8 Å². The van der Waals surface area contributed by atoms with Crippen molar-refractivity contribution < 1.29 is 14.6 Å². The molecule has 1 heterocycles. The zero-order chi connectivity index (χ0) is 21.5. The normalized spacial score (nSPS) is 34.1. The number of aryl methyl sites for hydroxylation is 1. The van der Waals surface area contributed by atoms with Crippen LogP contribution in [-0.4, -0.2) is 21.9 Å². The molecule has 3 nitrogen and oxygen atoms in total. The zero-order valence-corrected chi connectivity index (χ0v) is 19.5. The van der Waals surface area contributed by atoms with E-state index in [9.17, 15) is 10.2 Å². The Balaban J connectivity index is 1.49. The lowest BCUT2D eigenvalue weighted by molar-refractivity contribution is 0.0597. The van der Waals surface area contributed by atoms with Gasteiger partial charge in [0.25, 0.3) is 0 Å². The molecule has 30 heavy (non-hydrogen) atoms. The highest BCUT2D eigenvalue weighted by atomic mass is 16.3. The second kappa shape index (κ2) is 8.47. The topological polar surface area (TPSA) is 53.6 Å². The third-order valence-corrected chi connectivity index (χ3v) is 8.69. The van der Waals surface area contributed by atoms with Gasteiger partial charge in [0.1, 0.15) is 5.76 Å². The molecule has 4 rings (SSSR count). The zero-order valence-electron chi connectivity index (χ0n) is 19.5. The van der Waals surface area contributed by atoms with E-state index in [0.717, 1.165) is 43.8 Å². The molecule has 2 saturated carbocycles. The Kier molecular flexibility index (Phi) is 6.25. The predicted molar refractivity (Wildman–Crippen MR) is 122 cm³/mol. The Morgan fingerprint density at radius 2 is 2.07 bits per heavy atom. The summed E-state index contributed by atoms with van der Waals surface area (Å²) in [5.74, 6) is 3.18. The molecular formula is C27H42O3. The smallest absolute Gasteiger partial charge is 0.130 e. The minimum Gasteiger partial charge on any atom is -0.464 e. The van der Waals surface area contributed by atoms with Gasteiger partial charge in [-0.15, -0.1) is 0 Å². The van der Waals surface area contributed by atoms with Crippen LogP contribution in [0.15, 0.2) is 16.3 Å². The van der Waals surface area contributed by atoms with Crippen molar-refractivity contribution in [2.24, 2.45) is 23.2 Å². The highest BCUT2D eigenvalue weighted by Gasteiger charge is 2.50. The van der Waals surface area contributed by atoms with E-state index in [1.807, 2.05) is 20.1 Å². The average Bonchev–Trinajstić information content (AvgIpc) is 3.21. The van der Waals surface area contributed by atoms with Gasteiger partial charge in [-0.3, -0.25) is 0 Å². The molecule has 3 heteroatoms. The number of furan rings is 1.